The number of carbonyl (C=O) groups excluding carboxylic acids is 1. The van der Waals surface area contributed by atoms with Crippen molar-refractivity contribution in [2.75, 3.05) is 16.5 Å². The van der Waals surface area contributed by atoms with Crippen LogP contribution >= 0.6 is 11.3 Å². The van der Waals surface area contributed by atoms with Crippen LogP contribution in [0.25, 0.3) is 0 Å². The molecule has 7 nitrogen and oxygen atoms in total. The Morgan fingerprint density at radius 1 is 1.07 bits per heavy atom. The first-order chi connectivity index (χ1) is 13.4. The number of aromatic nitrogens is 1. The van der Waals surface area contributed by atoms with E-state index in [1.165, 1.54) is 30.4 Å². The summed E-state index contributed by atoms with van der Waals surface area (Å²) in [7, 11) is -3.65. The minimum atomic E-state index is -3.65. The number of hydrogen-bond donors (Lipinski definition) is 2. The number of rotatable bonds is 7. The van der Waals surface area contributed by atoms with E-state index in [4.69, 9.17) is 0 Å². The third-order valence-corrected chi connectivity index (χ3v) is 6.10. The van der Waals surface area contributed by atoms with Crippen LogP contribution in [0.4, 0.5) is 11.4 Å². The summed E-state index contributed by atoms with van der Waals surface area (Å²) >= 11 is 1.32. The molecule has 144 valence electrons. The molecule has 3 rings (SSSR count). The van der Waals surface area contributed by atoms with Crippen molar-refractivity contribution in [1.29, 1.82) is 0 Å². The van der Waals surface area contributed by atoms with E-state index >= 15 is 0 Å². The molecule has 0 atom stereocenters. The maximum Gasteiger partial charge on any atom is 0.221 e. The number of para-hydroxylation sites is 1. The van der Waals surface area contributed by atoms with E-state index in [2.05, 4.69) is 20.8 Å². The fourth-order valence-electron chi connectivity index (χ4n) is 2.36. The third-order valence-electron chi connectivity index (χ3n) is 3.63. The number of nitrogens with zero attached hydrogens (tertiary/aromatic N) is 2. The Morgan fingerprint density at radius 2 is 1.79 bits per heavy atom. The minimum absolute atomic E-state index is 0.144. The molecule has 0 aliphatic carbocycles. The molecule has 0 spiro atoms. The monoisotopic (exact) mass is 414 g/mol. The minimum Gasteiger partial charge on any atom is -0.326 e. The molecule has 0 aliphatic rings. The molecule has 3 aromatic rings. The molecule has 0 saturated carbocycles. The second-order valence-corrected chi connectivity index (χ2v) is 8.72. The van der Waals surface area contributed by atoms with Gasteiger partial charge in [-0.25, -0.2) is 13.4 Å². The average molecular weight is 415 g/mol. The van der Waals surface area contributed by atoms with Crippen LogP contribution in [0.2, 0.25) is 0 Å². The van der Waals surface area contributed by atoms with Crippen LogP contribution in [0.5, 0.6) is 0 Å². The van der Waals surface area contributed by atoms with Crippen molar-refractivity contribution in [3.8, 4) is 0 Å². The first kappa shape index (κ1) is 19.7. The van der Waals surface area contributed by atoms with Crippen LogP contribution in [0.3, 0.4) is 0 Å². The number of benzene rings is 2. The lowest BCUT2D eigenvalue weighted by Crippen LogP contribution is -2.19. The van der Waals surface area contributed by atoms with Crippen molar-refractivity contribution in [2.24, 2.45) is 5.10 Å². The van der Waals surface area contributed by atoms with Crippen LogP contribution in [0.15, 0.2) is 76.2 Å². The Morgan fingerprint density at radius 3 is 2.39 bits per heavy atom. The summed E-state index contributed by atoms with van der Waals surface area (Å²) in [5.74, 6) is -0.527. The van der Waals surface area contributed by atoms with Gasteiger partial charge in [-0.3, -0.25) is 10.2 Å². The molecule has 0 saturated heterocycles. The molecule has 2 N–H and O–H groups in total. The first-order valence-electron chi connectivity index (χ1n) is 8.32. The quantitative estimate of drug-likeness (QED) is 0.456. The summed E-state index contributed by atoms with van der Waals surface area (Å²) in [5.41, 5.74) is 4.48. The van der Waals surface area contributed by atoms with Crippen LogP contribution in [-0.4, -0.2) is 30.8 Å². The molecule has 0 bridgehead atoms. The van der Waals surface area contributed by atoms with Crippen molar-refractivity contribution < 1.29 is 13.2 Å². The standard InChI is InChI=1S/C19H18N4O3S2/c1-14(24)21-15-7-9-17(10-8-15)28(25,26)13-18(19-20-11-12-27-19)23-22-16-5-3-2-4-6-16/h2-12,22H,13H2,1H3,(H,21,24)/b23-18-. The molecule has 1 aromatic heterocycles. The third kappa shape index (κ3) is 5.24. The van der Waals surface area contributed by atoms with E-state index in [0.29, 0.717) is 16.4 Å². The van der Waals surface area contributed by atoms with E-state index in [9.17, 15) is 13.2 Å². The first-order valence-corrected chi connectivity index (χ1v) is 10.8. The fourth-order valence-corrected chi connectivity index (χ4v) is 4.36. The van der Waals surface area contributed by atoms with E-state index < -0.39 is 9.84 Å². The van der Waals surface area contributed by atoms with Gasteiger partial charge in [-0.1, -0.05) is 18.2 Å². The van der Waals surface area contributed by atoms with Gasteiger partial charge in [0.05, 0.1) is 10.6 Å². The zero-order chi connectivity index (χ0) is 20.0. The van der Waals surface area contributed by atoms with E-state index in [0.717, 1.165) is 5.69 Å². The van der Waals surface area contributed by atoms with Crippen molar-refractivity contribution in [2.45, 2.75) is 11.8 Å². The highest BCUT2D eigenvalue weighted by Crippen LogP contribution is 2.18. The smallest absolute Gasteiger partial charge is 0.221 e. The molecule has 0 radical (unpaired) electrons. The van der Waals surface area contributed by atoms with Crippen molar-refractivity contribution in [3.63, 3.8) is 0 Å². The predicted octanol–water partition coefficient (Wildman–Crippen LogP) is 3.39. The van der Waals surface area contributed by atoms with Gasteiger partial charge in [-0.15, -0.1) is 11.3 Å². The average Bonchev–Trinajstić information content (AvgIpc) is 3.20. The number of nitrogens with one attached hydrogen (secondary N) is 2. The van der Waals surface area contributed by atoms with Gasteiger partial charge in [-0.05, 0) is 36.4 Å². The summed E-state index contributed by atoms with van der Waals surface area (Å²) in [6, 6.07) is 15.3. The van der Waals surface area contributed by atoms with Crippen molar-refractivity contribution in [1.82, 2.24) is 4.98 Å². The molecule has 28 heavy (non-hydrogen) atoms. The molecule has 2 aromatic carbocycles. The summed E-state index contributed by atoms with van der Waals surface area (Å²) in [4.78, 5) is 15.4. The molecular formula is C19H18N4O3S2. The van der Waals surface area contributed by atoms with Gasteiger partial charge < -0.3 is 5.32 Å². The zero-order valence-corrected chi connectivity index (χ0v) is 16.6. The maximum atomic E-state index is 12.9. The lowest BCUT2D eigenvalue weighted by molar-refractivity contribution is -0.114. The predicted molar refractivity (Wildman–Crippen MR) is 112 cm³/mol. The molecule has 0 aliphatic heterocycles. The molecule has 1 heterocycles. The molecule has 9 heteroatoms. The van der Waals surface area contributed by atoms with Crippen molar-refractivity contribution in [3.05, 3.63) is 71.2 Å². The number of hydrogen-bond acceptors (Lipinski definition) is 7. The Labute approximate surface area is 167 Å². The number of amides is 1. The highest BCUT2D eigenvalue weighted by molar-refractivity contribution is 7.92. The topological polar surface area (TPSA) is 101 Å². The SMILES string of the molecule is CC(=O)Nc1ccc(S(=O)(=O)C/C(=N/Nc2ccccc2)c2nccs2)cc1. The number of thiazole rings is 1. The number of hydrazone groups is 1. The Bertz CT molecular complexity index is 1060. The number of carbonyl (C=O) groups is 1. The Balaban J connectivity index is 1.84. The maximum absolute atomic E-state index is 12.9. The molecule has 0 fully saturated rings. The van der Waals surface area contributed by atoms with Crippen LogP contribution in [0.1, 0.15) is 11.9 Å². The fraction of sp³-hybridized carbons (Fsp3) is 0.105. The Hall–Kier alpha value is -3.04. The van der Waals surface area contributed by atoms with Gasteiger partial charge in [0.15, 0.2) is 9.84 Å². The molecular weight excluding hydrogens is 396 g/mol. The molecule has 0 unspecified atom stereocenters. The van der Waals surface area contributed by atoms with Gasteiger partial charge in [0.2, 0.25) is 5.91 Å². The largest absolute Gasteiger partial charge is 0.326 e. The van der Waals surface area contributed by atoms with E-state index in [-0.39, 0.29) is 16.6 Å². The van der Waals surface area contributed by atoms with Crippen LogP contribution in [0, 0.1) is 0 Å². The van der Waals surface area contributed by atoms with Crippen LogP contribution in [-0.2, 0) is 14.6 Å². The second-order valence-electron chi connectivity index (χ2n) is 5.84. The highest BCUT2D eigenvalue weighted by atomic mass is 32.2. The second kappa shape index (κ2) is 8.77. The highest BCUT2D eigenvalue weighted by Gasteiger charge is 2.21. The van der Waals surface area contributed by atoms with Gasteiger partial charge in [0.1, 0.15) is 16.5 Å². The lowest BCUT2D eigenvalue weighted by Gasteiger charge is -2.08. The van der Waals surface area contributed by atoms with Gasteiger partial charge in [-0.2, -0.15) is 5.10 Å². The van der Waals surface area contributed by atoms with E-state index in [1.807, 2.05) is 30.3 Å². The molecule has 1 amide bonds. The summed E-state index contributed by atoms with van der Waals surface area (Å²) in [6.45, 7) is 1.39. The van der Waals surface area contributed by atoms with Gasteiger partial charge in [0, 0.05) is 24.2 Å². The number of anilines is 2. The normalized spacial score (nSPS) is 11.8. The lowest BCUT2D eigenvalue weighted by atomic mass is 10.3. The summed E-state index contributed by atoms with van der Waals surface area (Å²) in [6.07, 6.45) is 1.60. The Kier molecular flexibility index (Phi) is 6.17. The van der Waals surface area contributed by atoms with Crippen molar-refractivity contribution >= 4 is 44.2 Å². The summed E-state index contributed by atoms with van der Waals surface area (Å²) < 4.78 is 25.7. The van der Waals surface area contributed by atoms with E-state index in [1.54, 1.807) is 23.7 Å². The van der Waals surface area contributed by atoms with Gasteiger partial charge >= 0.3 is 0 Å². The van der Waals surface area contributed by atoms with Crippen LogP contribution < -0.4 is 10.7 Å². The van der Waals surface area contributed by atoms with Gasteiger partial charge in [0.25, 0.3) is 0 Å². The summed E-state index contributed by atoms with van der Waals surface area (Å²) in [5, 5.41) is 9.19. The zero-order valence-electron chi connectivity index (χ0n) is 15.0. The number of sulfone groups is 1.